The van der Waals surface area contributed by atoms with E-state index in [0.717, 1.165) is 32.0 Å². The minimum atomic E-state index is -0.191. The molecule has 0 radical (unpaired) electrons. The van der Waals surface area contributed by atoms with Gasteiger partial charge in [0, 0.05) is 35.3 Å². The van der Waals surface area contributed by atoms with Gasteiger partial charge in [0.15, 0.2) is 5.78 Å². The number of fused-ring (bicyclic) bond motifs is 1. The van der Waals surface area contributed by atoms with E-state index in [1.807, 2.05) is 37.3 Å². The summed E-state index contributed by atoms with van der Waals surface area (Å²) < 4.78 is 5.97. The number of rotatable bonds is 6. The van der Waals surface area contributed by atoms with Crippen LogP contribution in [-0.4, -0.2) is 29.3 Å². The molecule has 2 aromatic heterocycles. The third-order valence-corrected chi connectivity index (χ3v) is 6.43. The number of carbonyl (C=O) groups is 2. The van der Waals surface area contributed by atoms with Crippen molar-refractivity contribution in [2.45, 2.75) is 26.4 Å². The Morgan fingerprint density at radius 2 is 2.13 bits per heavy atom. The number of ketones is 1. The van der Waals surface area contributed by atoms with Crippen molar-refractivity contribution in [1.29, 1.82) is 0 Å². The Balaban J connectivity index is 1.38. The molecule has 1 aromatic carbocycles. The average Bonchev–Trinajstić information content (AvgIpc) is 3.38. The molecule has 0 spiro atoms. The van der Waals surface area contributed by atoms with Gasteiger partial charge in [0.05, 0.1) is 16.4 Å². The summed E-state index contributed by atoms with van der Waals surface area (Å²) in [7, 11) is 0. The highest BCUT2D eigenvalue weighted by Gasteiger charge is 2.26. The fraction of sp³-hybridized carbons (Fsp3) is 0.208. The zero-order valence-electron chi connectivity index (χ0n) is 17.1. The molecule has 1 amide bonds. The van der Waals surface area contributed by atoms with Gasteiger partial charge in [-0.1, -0.05) is 11.6 Å². The van der Waals surface area contributed by atoms with E-state index in [1.165, 1.54) is 17.4 Å². The summed E-state index contributed by atoms with van der Waals surface area (Å²) in [5.74, 6) is 0.521. The maximum Gasteiger partial charge on any atom is 0.244 e. The zero-order chi connectivity index (χ0) is 22.0. The van der Waals surface area contributed by atoms with Crippen molar-refractivity contribution in [3.05, 3.63) is 75.4 Å². The highest BCUT2D eigenvalue weighted by molar-refractivity contribution is 7.17. The summed E-state index contributed by atoms with van der Waals surface area (Å²) in [5.41, 5.74) is 3.88. The second-order valence-corrected chi connectivity index (χ2v) is 8.98. The minimum Gasteiger partial charge on any atom is -0.486 e. The number of Topliss-reactive ketones (excluding diaryl/α,β-unsaturated/α-hetero) is 1. The first-order valence-electron chi connectivity index (χ1n) is 9.87. The largest absolute Gasteiger partial charge is 0.486 e. The molecule has 1 N–H and O–H groups in total. The van der Waals surface area contributed by atoms with Gasteiger partial charge in [0.25, 0.3) is 0 Å². The lowest BCUT2D eigenvalue weighted by Crippen LogP contribution is -2.33. The van der Waals surface area contributed by atoms with Crippen LogP contribution < -0.4 is 10.1 Å². The number of thiophene rings is 1. The normalized spacial score (nSPS) is 15.0. The van der Waals surface area contributed by atoms with Gasteiger partial charge in [0.1, 0.15) is 11.9 Å². The summed E-state index contributed by atoms with van der Waals surface area (Å²) in [6, 6.07) is 9.63. The van der Waals surface area contributed by atoms with Crippen molar-refractivity contribution in [3.8, 4) is 16.2 Å². The number of nitrogens with zero attached hydrogens (tertiary/aromatic N) is 1. The third kappa shape index (κ3) is 5.03. The molecule has 0 aliphatic carbocycles. The molecule has 3 heterocycles. The van der Waals surface area contributed by atoms with Crippen molar-refractivity contribution in [2.24, 2.45) is 0 Å². The molecule has 1 unspecified atom stereocenters. The molecule has 0 saturated heterocycles. The predicted molar refractivity (Wildman–Crippen MR) is 124 cm³/mol. The van der Waals surface area contributed by atoms with Crippen LogP contribution in [0.1, 0.15) is 33.3 Å². The van der Waals surface area contributed by atoms with Crippen LogP contribution in [0.4, 0.5) is 0 Å². The van der Waals surface area contributed by atoms with Crippen molar-refractivity contribution >= 4 is 40.7 Å². The number of amides is 1. The molecule has 1 aliphatic heterocycles. The molecule has 1 atom stereocenters. The van der Waals surface area contributed by atoms with Gasteiger partial charge >= 0.3 is 0 Å². The summed E-state index contributed by atoms with van der Waals surface area (Å²) in [5, 5.41) is 3.41. The van der Waals surface area contributed by atoms with Crippen LogP contribution in [0.25, 0.3) is 16.5 Å². The summed E-state index contributed by atoms with van der Waals surface area (Å²) in [6.07, 6.45) is 7.17. The number of aromatic nitrogens is 1. The van der Waals surface area contributed by atoms with E-state index >= 15 is 0 Å². The lowest BCUT2D eigenvalue weighted by atomic mass is 10.1. The van der Waals surface area contributed by atoms with Crippen molar-refractivity contribution < 1.29 is 14.3 Å². The first-order chi connectivity index (χ1) is 14.9. The molecular formula is C24H21ClN2O3S. The van der Waals surface area contributed by atoms with E-state index in [-0.39, 0.29) is 17.8 Å². The zero-order valence-corrected chi connectivity index (χ0v) is 18.7. The Labute approximate surface area is 189 Å². The molecule has 0 fully saturated rings. The van der Waals surface area contributed by atoms with E-state index in [9.17, 15) is 9.59 Å². The molecule has 0 bridgehead atoms. The van der Waals surface area contributed by atoms with E-state index in [4.69, 9.17) is 16.3 Å². The number of hydrogen-bond donors (Lipinski definition) is 1. The standard InChI is InChI=1S/C24H21ClN2O3S/c1-14-7-16(12-26-11-14)3-6-23(29)27-13-19-9-18-8-17(10-20(25)24(18)30-19)22-5-4-21(31-22)15(2)28/h3-8,10-12,19H,9,13H2,1-2H3,(H,27,29)/b6-3+. The summed E-state index contributed by atoms with van der Waals surface area (Å²) >= 11 is 7.91. The second-order valence-electron chi connectivity index (χ2n) is 7.48. The van der Waals surface area contributed by atoms with Crippen LogP contribution in [0.15, 0.2) is 48.8 Å². The number of pyridine rings is 1. The van der Waals surface area contributed by atoms with Crippen LogP contribution in [0.5, 0.6) is 5.75 Å². The van der Waals surface area contributed by atoms with Crippen LogP contribution in [0.3, 0.4) is 0 Å². The van der Waals surface area contributed by atoms with Crippen molar-refractivity contribution in [3.63, 3.8) is 0 Å². The highest BCUT2D eigenvalue weighted by Crippen LogP contribution is 2.41. The van der Waals surface area contributed by atoms with Crippen LogP contribution >= 0.6 is 22.9 Å². The number of hydrogen-bond acceptors (Lipinski definition) is 5. The quantitative estimate of drug-likeness (QED) is 0.417. The van der Waals surface area contributed by atoms with Crippen molar-refractivity contribution in [2.75, 3.05) is 6.54 Å². The Bertz CT molecular complexity index is 1190. The van der Waals surface area contributed by atoms with Crippen LogP contribution in [-0.2, 0) is 11.2 Å². The molecule has 4 rings (SSSR count). The first kappa shape index (κ1) is 21.3. The molecule has 5 nitrogen and oxygen atoms in total. The van der Waals surface area contributed by atoms with E-state index in [0.29, 0.717) is 23.7 Å². The maximum absolute atomic E-state index is 12.2. The van der Waals surface area contributed by atoms with Gasteiger partial charge in [-0.2, -0.15) is 0 Å². The molecule has 31 heavy (non-hydrogen) atoms. The Morgan fingerprint density at radius 1 is 1.29 bits per heavy atom. The fourth-order valence-corrected chi connectivity index (χ4v) is 4.61. The highest BCUT2D eigenvalue weighted by atomic mass is 35.5. The maximum atomic E-state index is 12.2. The number of halogens is 1. The van der Waals surface area contributed by atoms with E-state index < -0.39 is 0 Å². The predicted octanol–water partition coefficient (Wildman–Crippen LogP) is 5.11. The molecule has 158 valence electrons. The Hall–Kier alpha value is -2.96. The van der Waals surface area contributed by atoms with Gasteiger partial charge < -0.3 is 10.1 Å². The van der Waals surface area contributed by atoms with Gasteiger partial charge in [0.2, 0.25) is 5.91 Å². The van der Waals surface area contributed by atoms with Gasteiger partial charge in [-0.05, 0) is 66.9 Å². The van der Waals surface area contributed by atoms with Gasteiger partial charge in [-0.25, -0.2) is 0 Å². The smallest absolute Gasteiger partial charge is 0.244 e. The SMILES string of the molecule is CC(=O)c1ccc(-c2cc(Cl)c3c(c2)CC(CNC(=O)/C=C/c2cncc(C)c2)O3)s1. The lowest BCUT2D eigenvalue weighted by Gasteiger charge is -2.11. The van der Waals surface area contributed by atoms with Crippen molar-refractivity contribution in [1.82, 2.24) is 10.3 Å². The molecular weight excluding hydrogens is 432 g/mol. The fourth-order valence-electron chi connectivity index (χ4n) is 3.44. The monoisotopic (exact) mass is 452 g/mol. The summed E-state index contributed by atoms with van der Waals surface area (Å²) in [4.78, 5) is 29.6. The molecule has 1 aliphatic rings. The molecule has 3 aromatic rings. The number of carbonyl (C=O) groups excluding carboxylic acids is 2. The Kier molecular flexibility index (Phi) is 6.20. The first-order valence-corrected chi connectivity index (χ1v) is 11.1. The number of aryl methyl sites for hydroxylation is 1. The van der Waals surface area contributed by atoms with Crippen LogP contribution in [0.2, 0.25) is 5.02 Å². The molecule has 0 saturated carbocycles. The summed E-state index contributed by atoms with van der Waals surface area (Å²) in [6.45, 7) is 3.89. The van der Waals surface area contributed by atoms with Gasteiger partial charge in [-0.15, -0.1) is 11.3 Å². The second kappa shape index (κ2) is 9.04. The average molecular weight is 453 g/mol. The lowest BCUT2D eigenvalue weighted by molar-refractivity contribution is -0.116. The van der Waals surface area contributed by atoms with E-state index in [1.54, 1.807) is 25.4 Å². The van der Waals surface area contributed by atoms with Crippen LogP contribution in [0, 0.1) is 6.92 Å². The number of benzene rings is 1. The third-order valence-electron chi connectivity index (χ3n) is 4.92. The minimum absolute atomic E-state index is 0.0513. The Morgan fingerprint density at radius 3 is 2.87 bits per heavy atom. The van der Waals surface area contributed by atoms with Gasteiger partial charge in [-0.3, -0.25) is 14.6 Å². The number of nitrogens with one attached hydrogen (secondary N) is 1. The number of ether oxygens (including phenoxy) is 1. The topological polar surface area (TPSA) is 68.3 Å². The van der Waals surface area contributed by atoms with E-state index in [2.05, 4.69) is 10.3 Å². The molecule has 7 heteroatoms.